The molecule has 0 radical (unpaired) electrons. The maximum atomic E-state index is 2.31. The average Bonchev–Trinajstić information content (AvgIpc) is 2.65. The Morgan fingerprint density at radius 3 is 1.69 bits per heavy atom. The van der Waals surface area contributed by atoms with E-state index in [1.54, 1.807) is 0 Å². The van der Waals surface area contributed by atoms with Gasteiger partial charge in [-0.25, -0.2) is 0 Å². The molecule has 0 aliphatic carbocycles. The van der Waals surface area contributed by atoms with Crippen LogP contribution in [0.4, 0.5) is 0 Å². The second-order valence-corrected chi connectivity index (χ2v) is 7.63. The summed E-state index contributed by atoms with van der Waals surface area (Å²) in [6.45, 7) is 2.29. The van der Waals surface area contributed by atoms with E-state index in [1.807, 2.05) is 0 Å². The van der Waals surface area contributed by atoms with Gasteiger partial charge in [0.05, 0.1) is 0 Å². The standard InChI is InChI=1S/C25H38.Na.H/c1-2-3-4-5-6-7-8-9-10-11-12-13-14-18-23-20-17-21-24-19-15-16-22-25(23)24;;/h15-17,19-22H,2-14,18H2,1H3;;/q;+1;-1. The SMILES string of the molecule is CCCCCCCCCCCCCCCc1cccc2ccccc12.[H-].[Na+]. The van der Waals surface area contributed by atoms with Gasteiger partial charge in [0.15, 0.2) is 0 Å². The van der Waals surface area contributed by atoms with Crippen molar-refractivity contribution < 1.29 is 31.0 Å². The van der Waals surface area contributed by atoms with Crippen LogP contribution in [0.1, 0.15) is 97.4 Å². The molecule has 0 bridgehead atoms. The molecule has 2 aromatic rings. The molecular weight excluding hydrogens is 323 g/mol. The second-order valence-electron chi connectivity index (χ2n) is 7.63. The summed E-state index contributed by atoms with van der Waals surface area (Å²) >= 11 is 0. The number of fused-ring (bicyclic) bond motifs is 1. The summed E-state index contributed by atoms with van der Waals surface area (Å²) in [6.07, 6.45) is 19.8. The maximum Gasteiger partial charge on any atom is 1.00 e. The molecular formula is C25H39Na. The molecule has 0 aliphatic rings. The van der Waals surface area contributed by atoms with Crippen molar-refractivity contribution in [2.45, 2.75) is 96.8 Å². The van der Waals surface area contributed by atoms with Crippen LogP contribution in [-0.4, -0.2) is 0 Å². The van der Waals surface area contributed by atoms with E-state index in [9.17, 15) is 0 Å². The minimum Gasteiger partial charge on any atom is -1.00 e. The van der Waals surface area contributed by atoms with Crippen molar-refractivity contribution in [1.82, 2.24) is 0 Å². The monoisotopic (exact) mass is 362 g/mol. The molecule has 0 heterocycles. The zero-order valence-electron chi connectivity index (χ0n) is 18.4. The Hall–Kier alpha value is -0.300. The van der Waals surface area contributed by atoms with Crippen molar-refractivity contribution in [2.24, 2.45) is 0 Å². The Morgan fingerprint density at radius 1 is 0.577 bits per heavy atom. The zero-order valence-corrected chi connectivity index (χ0v) is 19.4. The molecule has 26 heavy (non-hydrogen) atoms. The normalized spacial score (nSPS) is 10.8. The third-order valence-corrected chi connectivity index (χ3v) is 5.43. The fourth-order valence-corrected chi connectivity index (χ4v) is 3.84. The van der Waals surface area contributed by atoms with Gasteiger partial charge in [-0.1, -0.05) is 126 Å². The number of benzene rings is 2. The van der Waals surface area contributed by atoms with Gasteiger partial charge in [0, 0.05) is 0 Å². The minimum absolute atomic E-state index is 0. The van der Waals surface area contributed by atoms with E-state index in [4.69, 9.17) is 0 Å². The third kappa shape index (κ3) is 9.58. The van der Waals surface area contributed by atoms with E-state index < -0.39 is 0 Å². The van der Waals surface area contributed by atoms with Crippen molar-refractivity contribution >= 4 is 10.8 Å². The summed E-state index contributed by atoms with van der Waals surface area (Å²) in [7, 11) is 0. The van der Waals surface area contributed by atoms with E-state index in [-0.39, 0.29) is 31.0 Å². The van der Waals surface area contributed by atoms with Crippen LogP contribution in [0, 0.1) is 0 Å². The number of hydrogen-bond acceptors (Lipinski definition) is 0. The molecule has 0 aromatic heterocycles. The summed E-state index contributed by atoms with van der Waals surface area (Å²) < 4.78 is 0. The number of aryl methyl sites for hydroxylation is 1. The molecule has 2 rings (SSSR count). The fourth-order valence-electron chi connectivity index (χ4n) is 3.84. The second kappa shape index (κ2) is 15.7. The van der Waals surface area contributed by atoms with Gasteiger partial charge in [-0.2, -0.15) is 0 Å². The first-order valence-electron chi connectivity index (χ1n) is 10.9. The summed E-state index contributed by atoms with van der Waals surface area (Å²) in [5.41, 5.74) is 1.53. The van der Waals surface area contributed by atoms with Crippen LogP contribution >= 0.6 is 0 Å². The largest absolute Gasteiger partial charge is 1.00 e. The van der Waals surface area contributed by atoms with Crippen molar-refractivity contribution in [3.05, 3.63) is 48.0 Å². The Kier molecular flexibility index (Phi) is 14.4. The molecule has 0 nitrogen and oxygen atoms in total. The minimum atomic E-state index is 0. The molecule has 140 valence electrons. The van der Waals surface area contributed by atoms with E-state index in [1.165, 1.54) is 106 Å². The van der Waals surface area contributed by atoms with Gasteiger partial charge < -0.3 is 1.43 Å². The van der Waals surface area contributed by atoms with E-state index in [0.29, 0.717) is 0 Å². The number of unbranched alkanes of at least 4 members (excludes halogenated alkanes) is 12. The van der Waals surface area contributed by atoms with Gasteiger partial charge in [-0.05, 0) is 29.2 Å². The summed E-state index contributed by atoms with van der Waals surface area (Å²) in [6, 6.07) is 15.5. The molecule has 0 amide bonds. The Morgan fingerprint density at radius 2 is 1.08 bits per heavy atom. The van der Waals surface area contributed by atoms with Crippen LogP contribution in [-0.2, 0) is 6.42 Å². The first-order chi connectivity index (χ1) is 12.4. The molecule has 1 heteroatoms. The Bertz CT molecular complexity index is 576. The Balaban J connectivity index is 0.00000338. The van der Waals surface area contributed by atoms with Gasteiger partial charge in [-0.3, -0.25) is 0 Å². The van der Waals surface area contributed by atoms with E-state index in [2.05, 4.69) is 49.4 Å². The van der Waals surface area contributed by atoms with Crippen molar-refractivity contribution in [3.8, 4) is 0 Å². The predicted octanol–water partition coefficient (Wildman–Crippen LogP) is 5.59. The van der Waals surface area contributed by atoms with Gasteiger partial charge in [0.2, 0.25) is 0 Å². The first-order valence-corrected chi connectivity index (χ1v) is 10.9. The van der Waals surface area contributed by atoms with E-state index in [0.717, 1.165) is 0 Å². The summed E-state index contributed by atoms with van der Waals surface area (Å²) in [4.78, 5) is 0. The van der Waals surface area contributed by atoms with Gasteiger partial charge in [0.25, 0.3) is 0 Å². The number of hydrogen-bond donors (Lipinski definition) is 0. The van der Waals surface area contributed by atoms with Gasteiger partial charge in [-0.15, -0.1) is 0 Å². The van der Waals surface area contributed by atoms with Crippen LogP contribution in [0.15, 0.2) is 42.5 Å². The third-order valence-electron chi connectivity index (χ3n) is 5.43. The maximum absolute atomic E-state index is 2.31. The molecule has 0 atom stereocenters. The summed E-state index contributed by atoms with van der Waals surface area (Å²) in [5.74, 6) is 0. The quantitative estimate of drug-likeness (QED) is 0.303. The molecule has 0 unspecified atom stereocenters. The zero-order chi connectivity index (χ0) is 17.6. The molecule has 0 saturated heterocycles. The van der Waals surface area contributed by atoms with Crippen LogP contribution in [0.3, 0.4) is 0 Å². The smallest absolute Gasteiger partial charge is 1.00 e. The van der Waals surface area contributed by atoms with Gasteiger partial charge >= 0.3 is 29.6 Å². The van der Waals surface area contributed by atoms with Crippen molar-refractivity contribution in [1.29, 1.82) is 0 Å². The average molecular weight is 363 g/mol. The Labute approximate surface area is 185 Å². The fraction of sp³-hybridized carbons (Fsp3) is 0.600. The molecule has 0 aliphatic heterocycles. The predicted molar refractivity (Wildman–Crippen MR) is 114 cm³/mol. The van der Waals surface area contributed by atoms with E-state index >= 15 is 0 Å². The van der Waals surface area contributed by atoms with Crippen LogP contribution in [0.5, 0.6) is 0 Å². The molecule has 0 N–H and O–H groups in total. The molecule has 2 aromatic carbocycles. The van der Waals surface area contributed by atoms with Crippen LogP contribution in [0.25, 0.3) is 10.8 Å². The summed E-state index contributed by atoms with van der Waals surface area (Å²) in [5, 5.41) is 2.83. The van der Waals surface area contributed by atoms with Gasteiger partial charge in [0.1, 0.15) is 0 Å². The number of rotatable bonds is 14. The van der Waals surface area contributed by atoms with Crippen molar-refractivity contribution in [2.75, 3.05) is 0 Å². The van der Waals surface area contributed by atoms with Crippen molar-refractivity contribution in [3.63, 3.8) is 0 Å². The molecule has 0 fully saturated rings. The van der Waals surface area contributed by atoms with Crippen LogP contribution in [0.2, 0.25) is 0 Å². The topological polar surface area (TPSA) is 0 Å². The molecule has 0 spiro atoms. The van der Waals surface area contributed by atoms with Crippen LogP contribution < -0.4 is 29.6 Å². The first kappa shape index (κ1) is 23.7. The molecule has 0 saturated carbocycles.